The van der Waals surface area contributed by atoms with Crippen LogP contribution < -0.4 is 31.9 Å². The third-order valence-corrected chi connectivity index (χ3v) is 7.87. The Morgan fingerprint density at radius 2 is 1.16 bits per heavy atom. The van der Waals surface area contributed by atoms with Gasteiger partial charge in [-0.05, 0) is 73.3 Å². The average molecular weight is 809 g/mol. The maximum atomic E-state index is 13.8. The predicted octanol–water partition coefficient (Wildman–Crippen LogP) is 3.09. The van der Waals surface area contributed by atoms with Crippen molar-refractivity contribution in [2.24, 2.45) is 0 Å². The molecule has 0 aliphatic carbocycles. The van der Waals surface area contributed by atoms with Crippen molar-refractivity contribution in [2.75, 3.05) is 20.2 Å². The highest BCUT2D eigenvalue weighted by molar-refractivity contribution is 5.95. The van der Waals surface area contributed by atoms with Crippen LogP contribution in [0.2, 0.25) is 0 Å². The number of alkyl carbamates (subject to hydrolysis) is 3. The topological polar surface area (TPSA) is 249 Å². The second-order valence-electron chi connectivity index (χ2n) is 15.4. The molecule has 1 aromatic rings. The molecule has 18 nitrogen and oxygen atoms in total. The van der Waals surface area contributed by atoms with Crippen LogP contribution in [0.5, 0.6) is 0 Å². The lowest BCUT2D eigenvalue weighted by molar-refractivity contribution is -0.146. The number of unbranched alkanes of at least 4 members (excludes halogenated alkanes) is 3. The molecule has 0 aliphatic heterocycles. The maximum absolute atomic E-state index is 13.8. The summed E-state index contributed by atoms with van der Waals surface area (Å²) in [5, 5.41) is 25.6. The summed E-state index contributed by atoms with van der Waals surface area (Å²) in [6, 6.07) is 3.48. The summed E-state index contributed by atoms with van der Waals surface area (Å²) >= 11 is 0. The molecule has 6 amide bonds. The van der Waals surface area contributed by atoms with E-state index in [4.69, 9.17) is 18.9 Å². The normalized spacial score (nSPS) is 13.9. The second kappa shape index (κ2) is 25.2. The second-order valence-corrected chi connectivity index (χ2v) is 15.4. The van der Waals surface area contributed by atoms with Crippen LogP contribution in [-0.2, 0) is 44.7 Å². The molecule has 57 heavy (non-hydrogen) atoms. The molecule has 1 rings (SSSR count). The van der Waals surface area contributed by atoms with Crippen LogP contribution in [0.4, 0.5) is 14.4 Å². The molecule has 7 N–H and O–H groups in total. The average Bonchev–Trinajstić information content (AvgIpc) is 3.11. The molecule has 0 aliphatic rings. The minimum absolute atomic E-state index is 0.0436. The number of carbonyl (C=O) groups is 7. The van der Waals surface area contributed by atoms with Gasteiger partial charge in [-0.3, -0.25) is 14.4 Å². The van der Waals surface area contributed by atoms with Gasteiger partial charge in [0.25, 0.3) is 0 Å². The summed E-state index contributed by atoms with van der Waals surface area (Å²) in [4.78, 5) is 90.9. The van der Waals surface area contributed by atoms with Crippen molar-refractivity contribution in [3.63, 3.8) is 0 Å². The molecule has 1 aromatic carbocycles. The number of hydrogen-bond acceptors (Lipinski definition) is 12. The van der Waals surface area contributed by atoms with Gasteiger partial charge in [0.15, 0.2) is 0 Å². The van der Waals surface area contributed by atoms with Gasteiger partial charge >= 0.3 is 24.2 Å². The van der Waals surface area contributed by atoms with Gasteiger partial charge in [-0.25, -0.2) is 19.2 Å². The molecule has 0 heterocycles. The van der Waals surface area contributed by atoms with Crippen LogP contribution in [0.3, 0.4) is 0 Å². The first-order chi connectivity index (χ1) is 26.6. The molecule has 1 unspecified atom stereocenters. The molecule has 0 radical (unpaired) electrons. The number of hydrogen-bond donors (Lipinski definition) is 7. The summed E-state index contributed by atoms with van der Waals surface area (Å²) < 4.78 is 20.6. The number of amides is 6. The van der Waals surface area contributed by atoms with Crippen molar-refractivity contribution in [1.82, 2.24) is 31.9 Å². The number of carbonyl (C=O) groups excluding carboxylic acids is 7. The Balaban J connectivity index is 3.23. The first-order valence-electron chi connectivity index (χ1n) is 19.2. The zero-order valence-corrected chi connectivity index (χ0v) is 34.8. The fourth-order valence-electron chi connectivity index (χ4n) is 5.07. The Bertz CT molecular complexity index is 1450. The predicted molar refractivity (Wildman–Crippen MR) is 210 cm³/mol. The Labute approximate surface area is 335 Å². The van der Waals surface area contributed by atoms with E-state index in [2.05, 4.69) is 31.9 Å². The lowest BCUT2D eigenvalue weighted by Gasteiger charge is -2.27. The third kappa shape index (κ3) is 22.3. The van der Waals surface area contributed by atoms with Crippen molar-refractivity contribution < 1.29 is 57.6 Å². The largest absolute Gasteiger partial charge is 0.467 e. The summed E-state index contributed by atoms with van der Waals surface area (Å²) in [6.45, 7) is 13.0. The summed E-state index contributed by atoms with van der Waals surface area (Å²) in [5.74, 6) is -3.49. The Hall–Kier alpha value is -5.13. The van der Waals surface area contributed by atoms with Crippen molar-refractivity contribution in [1.29, 1.82) is 0 Å². The lowest BCUT2D eigenvalue weighted by atomic mass is 10.0. The minimum atomic E-state index is -1.64. The molecule has 322 valence electrons. The van der Waals surface area contributed by atoms with E-state index >= 15 is 0 Å². The molecule has 0 saturated carbocycles. The van der Waals surface area contributed by atoms with Gasteiger partial charge in [-0.15, -0.1) is 0 Å². The highest BCUT2D eigenvalue weighted by Crippen LogP contribution is 2.11. The molecule has 0 spiro atoms. The van der Waals surface area contributed by atoms with Crippen molar-refractivity contribution >= 4 is 42.0 Å². The number of benzene rings is 1. The van der Waals surface area contributed by atoms with Gasteiger partial charge in [-0.2, -0.15) is 0 Å². The van der Waals surface area contributed by atoms with Crippen LogP contribution >= 0.6 is 0 Å². The number of methoxy groups -OCH3 is 1. The van der Waals surface area contributed by atoms with Crippen LogP contribution in [-0.4, -0.2) is 109 Å². The fourth-order valence-corrected chi connectivity index (χ4v) is 5.07. The van der Waals surface area contributed by atoms with E-state index < -0.39 is 83.4 Å². The number of aliphatic hydroxyl groups is 1. The van der Waals surface area contributed by atoms with E-state index in [1.54, 1.807) is 65.8 Å². The molecule has 0 aromatic heterocycles. The first kappa shape index (κ1) is 49.9. The third-order valence-electron chi connectivity index (χ3n) is 7.87. The van der Waals surface area contributed by atoms with Crippen LogP contribution in [0.25, 0.3) is 0 Å². The van der Waals surface area contributed by atoms with E-state index in [1.165, 1.54) is 6.92 Å². The maximum Gasteiger partial charge on any atom is 0.408 e. The highest BCUT2D eigenvalue weighted by Gasteiger charge is 2.34. The van der Waals surface area contributed by atoms with Gasteiger partial charge in [-0.1, -0.05) is 62.9 Å². The molecule has 0 bridgehead atoms. The summed E-state index contributed by atoms with van der Waals surface area (Å²) in [5.41, 5.74) is -0.850. The van der Waals surface area contributed by atoms with E-state index in [9.17, 15) is 38.7 Å². The summed E-state index contributed by atoms with van der Waals surface area (Å²) in [6.07, 6.45) is -0.825. The van der Waals surface area contributed by atoms with Gasteiger partial charge in [0.1, 0.15) is 42.0 Å². The molecule has 0 fully saturated rings. The number of nitrogens with one attached hydrogen (secondary N) is 6. The number of esters is 1. The Morgan fingerprint density at radius 1 is 0.649 bits per heavy atom. The Kier molecular flexibility index (Phi) is 22.0. The van der Waals surface area contributed by atoms with E-state index in [-0.39, 0.29) is 39.0 Å². The van der Waals surface area contributed by atoms with Gasteiger partial charge in [0.05, 0.1) is 13.2 Å². The zero-order valence-electron chi connectivity index (χ0n) is 34.8. The van der Waals surface area contributed by atoms with Crippen molar-refractivity contribution in [3.05, 3.63) is 35.9 Å². The van der Waals surface area contributed by atoms with E-state index in [1.807, 2.05) is 13.0 Å². The number of rotatable bonds is 22. The Morgan fingerprint density at radius 3 is 1.67 bits per heavy atom. The number of ether oxygens (including phenoxy) is 4. The first-order valence-corrected chi connectivity index (χ1v) is 19.2. The number of aliphatic hydroxyl groups excluding tert-OH is 1. The molecule has 0 saturated heterocycles. The standard InChI is InChI=1S/C39H64N6O12/c1-10-11-12-16-19-27(44-37(53)55-24-26-17-14-13-15-18-26)31(47)42-28(20-22-40-35(51)56-38(3,4)5)32(48)45-30(25(2)46)33(49)43-29(34(50)54-9)21-23-41-36(52)57-39(6,7)8/h13-15,17-18,25,27-30,46H,10-12,16,19-24H2,1-9H3,(H,40,51)(H,41,52)(H,42,47)(H,43,49)(H,44,53)(H,45,48)/t25?,27-,28-,29-,30-/m0/s1. The zero-order chi connectivity index (χ0) is 43.2. The quantitative estimate of drug-likeness (QED) is 0.0508. The van der Waals surface area contributed by atoms with Crippen LogP contribution in [0, 0.1) is 0 Å². The molecule has 18 heteroatoms. The van der Waals surface area contributed by atoms with E-state index in [0.717, 1.165) is 31.9 Å². The van der Waals surface area contributed by atoms with Crippen molar-refractivity contribution in [2.45, 2.75) is 148 Å². The van der Waals surface area contributed by atoms with Crippen LogP contribution in [0.15, 0.2) is 30.3 Å². The van der Waals surface area contributed by atoms with Crippen molar-refractivity contribution in [3.8, 4) is 0 Å². The smallest absolute Gasteiger partial charge is 0.408 e. The van der Waals surface area contributed by atoms with Gasteiger partial charge in [0.2, 0.25) is 17.7 Å². The highest BCUT2D eigenvalue weighted by atomic mass is 16.6. The molecular formula is C39H64N6O12. The SMILES string of the molecule is CCCCCC[C@H](NC(=O)OCc1ccccc1)C(=O)N[C@@H](CCNC(=O)OC(C)(C)C)C(=O)N[C@H](C(=O)N[C@@H](CCNC(=O)OC(C)(C)C)C(=O)OC)C(C)O. The van der Waals surface area contributed by atoms with Gasteiger partial charge < -0.3 is 56.0 Å². The molecular weight excluding hydrogens is 744 g/mol. The lowest BCUT2D eigenvalue weighted by Crippen LogP contribution is -2.60. The summed E-state index contributed by atoms with van der Waals surface area (Å²) in [7, 11) is 1.10. The minimum Gasteiger partial charge on any atom is -0.467 e. The van der Waals surface area contributed by atoms with Crippen LogP contribution in [0.1, 0.15) is 106 Å². The van der Waals surface area contributed by atoms with Gasteiger partial charge in [0, 0.05) is 13.1 Å². The fraction of sp³-hybridized carbons (Fsp3) is 0.667. The van der Waals surface area contributed by atoms with E-state index in [0.29, 0.717) is 6.42 Å². The molecule has 5 atom stereocenters. The monoisotopic (exact) mass is 808 g/mol.